The van der Waals surface area contributed by atoms with Gasteiger partial charge in [0.1, 0.15) is 5.76 Å². The van der Waals surface area contributed by atoms with Gasteiger partial charge in [0, 0.05) is 18.9 Å². The highest BCUT2D eigenvalue weighted by molar-refractivity contribution is 5.76. The van der Waals surface area contributed by atoms with Crippen molar-refractivity contribution in [2.24, 2.45) is 22.7 Å². The lowest BCUT2D eigenvalue weighted by Crippen LogP contribution is -2.63. The highest BCUT2D eigenvalue weighted by atomic mass is 16.7. The van der Waals surface area contributed by atoms with E-state index in [2.05, 4.69) is 19.2 Å². The van der Waals surface area contributed by atoms with Crippen LogP contribution in [0.3, 0.4) is 0 Å². The summed E-state index contributed by atoms with van der Waals surface area (Å²) in [5, 5.41) is 13.8. The van der Waals surface area contributed by atoms with Gasteiger partial charge >= 0.3 is 0 Å². The van der Waals surface area contributed by atoms with Crippen molar-refractivity contribution in [1.29, 1.82) is 0 Å². The number of fused-ring (bicyclic) bond motifs is 3. The molecule has 4 rings (SSSR count). The molecule has 1 aliphatic heterocycles. The van der Waals surface area contributed by atoms with E-state index in [1.165, 1.54) is 0 Å². The van der Waals surface area contributed by atoms with Crippen LogP contribution in [0.2, 0.25) is 0 Å². The van der Waals surface area contributed by atoms with Crippen molar-refractivity contribution in [3.8, 4) is 0 Å². The van der Waals surface area contributed by atoms with E-state index >= 15 is 0 Å². The van der Waals surface area contributed by atoms with E-state index in [4.69, 9.17) is 18.6 Å². The van der Waals surface area contributed by atoms with E-state index < -0.39 is 6.10 Å². The van der Waals surface area contributed by atoms with Gasteiger partial charge in [0.2, 0.25) is 5.91 Å². The molecule has 2 N–H and O–H groups in total. The minimum absolute atomic E-state index is 0.0408. The zero-order valence-electron chi connectivity index (χ0n) is 18.3. The van der Waals surface area contributed by atoms with E-state index in [1.807, 2.05) is 12.1 Å². The smallest absolute Gasteiger partial charge is 0.220 e. The number of hydrogen-bond acceptors (Lipinski definition) is 6. The monoisotopic (exact) mass is 421 g/mol. The molecule has 0 radical (unpaired) electrons. The Hall–Kier alpha value is -1.41. The molecule has 2 aliphatic carbocycles. The SMILES string of the molecule is COC[C@@H]1OC[C@@]2(C)C3CC[C@@H](O)[C@@H](CC(=O)NCc4ccco4)[C@]3(C)CC[C@H]2O1. The molecule has 7 heteroatoms. The quantitative estimate of drug-likeness (QED) is 0.734. The Morgan fingerprint density at radius 1 is 1.30 bits per heavy atom. The third-order valence-corrected chi connectivity index (χ3v) is 7.98. The normalized spacial score (nSPS) is 41.0. The number of ether oxygens (including phenoxy) is 3. The fourth-order valence-electron chi connectivity index (χ4n) is 6.38. The van der Waals surface area contributed by atoms with E-state index in [0.29, 0.717) is 38.5 Å². The van der Waals surface area contributed by atoms with Gasteiger partial charge in [0.15, 0.2) is 6.29 Å². The summed E-state index contributed by atoms with van der Waals surface area (Å²) >= 11 is 0. The lowest BCUT2D eigenvalue weighted by atomic mass is 9.46. The second-order valence-corrected chi connectivity index (χ2v) is 9.73. The summed E-state index contributed by atoms with van der Waals surface area (Å²) in [6, 6.07) is 3.65. The highest BCUT2D eigenvalue weighted by Gasteiger charge is 2.61. The van der Waals surface area contributed by atoms with Gasteiger partial charge in [-0.1, -0.05) is 13.8 Å². The van der Waals surface area contributed by atoms with Gasteiger partial charge in [0.05, 0.1) is 38.2 Å². The second-order valence-electron chi connectivity index (χ2n) is 9.73. The average Bonchev–Trinajstić information content (AvgIpc) is 3.23. The molecule has 0 aromatic carbocycles. The Kier molecular flexibility index (Phi) is 6.26. The molecule has 3 fully saturated rings. The first-order chi connectivity index (χ1) is 14.4. The van der Waals surface area contributed by atoms with Crippen LogP contribution in [-0.2, 0) is 25.5 Å². The Labute approximate surface area is 178 Å². The summed E-state index contributed by atoms with van der Waals surface area (Å²) in [6.07, 6.45) is 4.74. The molecule has 3 aliphatic rings. The topological polar surface area (TPSA) is 90.2 Å². The Morgan fingerprint density at radius 3 is 2.87 bits per heavy atom. The van der Waals surface area contributed by atoms with E-state index in [9.17, 15) is 9.90 Å². The molecular weight excluding hydrogens is 386 g/mol. The summed E-state index contributed by atoms with van der Waals surface area (Å²) in [7, 11) is 1.66. The zero-order valence-corrected chi connectivity index (χ0v) is 18.3. The number of carbonyl (C=O) groups excluding carboxylic acids is 1. The maximum absolute atomic E-state index is 12.7. The van der Waals surface area contributed by atoms with Crippen LogP contribution in [0.15, 0.2) is 22.8 Å². The van der Waals surface area contributed by atoms with Gasteiger partial charge in [-0.05, 0) is 55.1 Å². The molecule has 168 valence electrons. The standard InChI is InChI=1S/C23H35NO6/c1-22-9-8-19-23(2,14-29-21(30-19)13-27-3)18(22)7-6-17(25)16(22)11-20(26)24-12-15-5-4-10-28-15/h4-5,10,16-19,21,25H,6-9,11-14H2,1-3H3,(H,24,26)/t16-,17-,18?,19-,21-,22+,23+/m1/s1. The number of hydrogen-bond donors (Lipinski definition) is 2. The molecule has 1 aromatic heterocycles. The number of rotatable bonds is 6. The number of aliphatic hydroxyl groups is 1. The van der Waals surface area contributed by atoms with Crippen molar-refractivity contribution in [3.05, 3.63) is 24.2 Å². The van der Waals surface area contributed by atoms with Gasteiger partial charge in [0.25, 0.3) is 0 Å². The second kappa shape index (κ2) is 8.61. The lowest BCUT2D eigenvalue weighted by Gasteiger charge is -2.62. The number of methoxy groups -OCH3 is 1. The van der Waals surface area contributed by atoms with Crippen LogP contribution in [0, 0.1) is 22.7 Å². The molecule has 1 aromatic rings. The first kappa shape index (κ1) is 21.8. The molecule has 2 heterocycles. The summed E-state index contributed by atoms with van der Waals surface area (Å²) in [6.45, 7) is 5.95. The first-order valence-electron chi connectivity index (χ1n) is 11.1. The predicted molar refractivity (Wildman–Crippen MR) is 109 cm³/mol. The number of furan rings is 1. The van der Waals surface area contributed by atoms with E-state index in [0.717, 1.165) is 25.0 Å². The molecule has 0 bridgehead atoms. The van der Waals surface area contributed by atoms with E-state index in [-0.39, 0.29) is 35.0 Å². The van der Waals surface area contributed by atoms with E-state index in [1.54, 1.807) is 13.4 Å². The van der Waals surface area contributed by atoms with Crippen LogP contribution in [0.25, 0.3) is 0 Å². The van der Waals surface area contributed by atoms with Gasteiger partial charge in [-0.2, -0.15) is 0 Å². The third-order valence-electron chi connectivity index (χ3n) is 7.98. The number of carbonyl (C=O) groups is 1. The predicted octanol–water partition coefficient (Wildman–Crippen LogP) is 2.87. The Morgan fingerprint density at radius 2 is 2.13 bits per heavy atom. The number of amides is 1. The first-order valence-corrected chi connectivity index (χ1v) is 11.1. The van der Waals surface area contributed by atoms with Crippen molar-refractivity contribution < 1.29 is 28.5 Å². The summed E-state index contributed by atoms with van der Waals surface area (Å²) in [5.74, 6) is 0.938. The zero-order chi connectivity index (χ0) is 21.4. The lowest BCUT2D eigenvalue weighted by molar-refractivity contribution is -0.315. The number of nitrogens with one attached hydrogen (secondary N) is 1. The minimum atomic E-state index is -0.465. The van der Waals surface area contributed by atoms with Gasteiger partial charge in [-0.3, -0.25) is 4.79 Å². The molecule has 2 saturated carbocycles. The van der Waals surface area contributed by atoms with Crippen LogP contribution < -0.4 is 5.32 Å². The van der Waals surface area contributed by atoms with Crippen molar-refractivity contribution in [3.63, 3.8) is 0 Å². The molecular formula is C23H35NO6. The van der Waals surface area contributed by atoms with Crippen LogP contribution in [-0.4, -0.2) is 49.8 Å². The number of aliphatic hydroxyl groups excluding tert-OH is 1. The van der Waals surface area contributed by atoms with Crippen LogP contribution >= 0.6 is 0 Å². The molecule has 0 spiro atoms. The van der Waals surface area contributed by atoms with Gasteiger partial charge < -0.3 is 29.1 Å². The summed E-state index contributed by atoms with van der Waals surface area (Å²) in [4.78, 5) is 12.7. The van der Waals surface area contributed by atoms with Crippen LogP contribution in [0.4, 0.5) is 0 Å². The highest BCUT2D eigenvalue weighted by Crippen LogP contribution is 2.62. The fourth-order valence-corrected chi connectivity index (χ4v) is 6.38. The molecule has 1 amide bonds. The van der Waals surface area contributed by atoms with Crippen LogP contribution in [0.1, 0.15) is 51.7 Å². The molecule has 1 saturated heterocycles. The van der Waals surface area contributed by atoms with Gasteiger partial charge in [-0.25, -0.2) is 0 Å². The Bertz CT molecular complexity index is 723. The van der Waals surface area contributed by atoms with Crippen molar-refractivity contribution in [2.45, 2.75) is 71.0 Å². The molecule has 7 atom stereocenters. The third kappa shape index (κ3) is 3.93. The fraction of sp³-hybridized carbons (Fsp3) is 0.783. The minimum Gasteiger partial charge on any atom is -0.467 e. The van der Waals surface area contributed by atoms with Crippen LogP contribution in [0.5, 0.6) is 0 Å². The summed E-state index contributed by atoms with van der Waals surface area (Å²) in [5.41, 5.74) is -0.258. The molecule has 7 nitrogen and oxygen atoms in total. The Balaban J connectivity index is 1.46. The average molecular weight is 422 g/mol. The van der Waals surface area contributed by atoms with Crippen molar-refractivity contribution in [1.82, 2.24) is 5.32 Å². The largest absolute Gasteiger partial charge is 0.467 e. The van der Waals surface area contributed by atoms with Crippen molar-refractivity contribution in [2.75, 3.05) is 20.3 Å². The maximum atomic E-state index is 12.7. The van der Waals surface area contributed by atoms with Gasteiger partial charge in [-0.15, -0.1) is 0 Å². The van der Waals surface area contributed by atoms with Crippen molar-refractivity contribution >= 4 is 5.91 Å². The summed E-state index contributed by atoms with van der Waals surface area (Å²) < 4.78 is 22.8. The maximum Gasteiger partial charge on any atom is 0.220 e. The molecule has 30 heavy (non-hydrogen) atoms. The molecule has 1 unspecified atom stereocenters.